The Morgan fingerprint density at radius 2 is 1.84 bits per heavy atom. The van der Waals surface area contributed by atoms with Gasteiger partial charge < -0.3 is 15.0 Å². The fraction of sp³-hybridized carbons (Fsp3) is 0.0909. The molecule has 6 rings (SSSR count). The van der Waals surface area contributed by atoms with E-state index in [9.17, 15) is 14.7 Å². The Balaban J connectivity index is 1.70. The van der Waals surface area contributed by atoms with E-state index in [0.29, 0.717) is 45.1 Å². The lowest BCUT2D eigenvalue weighted by Gasteiger charge is -2.23. The summed E-state index contributed by atoms with van der Waals surface area (Å²) in [6.45, 7) is 0. The molecule has 0 saturated carbocycles. The van der Waals surface area contributed by atoms with Crippen LogP contribution in [0, 0.1) is 0 Å². The van der Waals surface area contributed by atoms with Gasteiger partial charge in [0, 0.05) is 24.2 Å². The summed E-state index contributed by atoms with van der Waals surface area (Å²) < 4.78 is 1.48. The molecule has 5 heterocycles. The molecule has 0 saturated heterocycles. The van der Waals surface area contributed by atoms with E-state index in [1.54, 1.807) is 43.6 Å². The first-order valence-corrected chi connectivity index (χ1v) is 9.94. The van der Waals surface area contributed by atoms with Crippen LogP contribution < -0.4 is 16.4 Å². The molecule has 32 heavy (non-hydrogen) atoms. The van der Waals surface area contributed by atoms with Crippen LogP contribution in [-0.2, 0) is 7.05 Å². The lowest BCUT2D eigenvalue weighted by Crippen LogP contribution is -2.22. The van der Waals surface area contributed by atoms with Crippen molar-refractivity contribution in [2.75, 3.05) is 5.32 Å². The molecule has 5 N–H and O–H groups in total. The van der Waals surface area contributed by atoms with Gasteiger partial charge in [0.05, 0.1) is 28.4 Å². The summed E-state index contributed by atoms with van der Waals surface area (Å²) in [7, 11) is 1.65. The van der Waals surface area contributed by atoms with Crippen molar-refractivity contribution in [3.05, 3.63) is 86.2 Å². The van der Waals surface area contributed by atoms with Crippen LogP contribution in [0.4, 0.5) is 11.6 Å². The fourth-order valence-electron chi connectivity index (χ4n) is 4.47. The van der Waals surface area contributed by atoms with E-state index in [1.807, 2.05) is 12.1 Å². The van der Waals surface area contributed by atoms with Crippen LogP contribution in [0.5, 0.6) is 5.75 Å². The van der Waals surface area contributed by atoms with Gasteiger partial charge in [0.2, 0.25) is 0 Å². The standard InChI is InChI=1S/C22H17N7O3/c1-29-12-8-3-2-6-10(12)18(30)16(22(29)32)17-14-13(11-7-4-5-9-23-11)15-20(27-28-21(15)31)24-19(14)26-25-17/h2-9,13,30H,1H3,(H4,24,25,26,27,28,31). The number of benzene rings is 1. The topological polar surface area (TPSA) is 144 Å². The predicted molar refractivity (Wildman–Crippen MR) is 118 cm³/mol. The highest BCUT2D eigenvalue weighted by atomic mass is 16.3. The predicted octanol–water partition coefficient (Wildman–Crippen LogP) is 2.28. The first-order chi connectivity index (χ1) is 15.6. The monoisotopic (exact) mass is 427 g/mol. The molecule has 10 heteroatoms. The van der Waals surface area contributed by atoms with E-state index < -0.39 is 5.92 Å². The molecule has 4 aromatic heterocycles. The highest BCUT2D eigenvalue weighted by Gasteiger charge is 2.37. The maximum atomic E-state index is 13.3. The number of aromatic hydroxyl groups is 1. The summed E-state index contributed by atoms with van der Waals surface area (Å²) in [4.78, 5) is 30.5. The van der Waals surface area contributed by atoms with Crippen LogP contribution in [0.25, 0.3) is 22.2 Å². The highest BCUT2D eigenvalue weighted by Crippen LogP contribution is 2.46. The van der Waals surface area contributed by atoms with Gasteiger partial charge in [-0.1, -0.05) is 18.2 Å². The lowest BCUT2D eigenvalue weighted by atomic mass is 9.85. The van der Waals surface area contributed by atoms with Crippen LogP contribution in [0.3, 0.4) is 0 Å². The Hall–Kier alpha value is -4.60. The molecule has 1 aliphatic heterocycles. The molecule has 0 spiro atoms. The van der Waals surface area contributed by atoms with Crippen molar-refractivity contribution in [3.63, 3.8) is 0 Å². The Labute approximate surface area is 179 Å². The van der Waals surface area contributed by atoms with Gasteiger partial charge in [-0.05, 0) is 24.3 Å². The zero-order chi connectivity index (χ0) is 22.0. The van der Waals surface area contributed by atoms with Crippen molar-refractivity contribution in [1.29, 1.82) is 0 Å². The molecule has 5 aromatic rings. The number of fused-ring (bicyclic) bond motifs is 3. The van der Waals surface area contributed by atoms with Crippen LogP contribution in [0.2, 0.25) is 0 Å². The van der Waals surface area contributed by atoms with Crippen molar-refractivity contribution in [2.45, 2.75) is 5.92 Å². The number of aromatic amines is 3. The van der Waals surface area contributed by atoms with Crippen molar-refractivity contribution in [2.24, 2.45) is 7.05 Å². The van der Waals surface area contributed by atoms with E-state index in [0.717, 1.165) is 0 Å². The number of para-hydroxylation sites is 1. The summed E-state index contributed by atoms with van der Waals surface area (Å²) in [5.74, 6) is 0.158. The molecule has 0 bridgehead atoms. The minimum atomic E-state index is -0.609. The highest BCUT2D eigenvalue weighted by molar-refractivity contribution is 5.93. The SMILES string of the molecule is Cn1c(=O)c(-c2[nH]nc3c2C(c2ccccn2)c2c([nH][nH]c2=O)N3)c(O)c2ccccc21. The number of hydrogen-bond acceptors (Lipinski definition) is 6. The molecule has 0 aliphatic carbocycles. The van der Waals surface area contributed by atoms with Crippen LogP contribution in [0.1, 0.15) is 22.7 Å². The zero-order valence-electron chi connectivity index (χ0n) is 16.8. The molecular weight excluding hydrogens is 410 g/mol. The second-order valence-corrected chi connectivity index (χ2v) is 7.65. The van der Waals surface area contributed by atoms with E-state index in [-0.39, 0.29) is 22.4 Å². The third kappa shape index (κ3) is 2.34. The van der Waals surface area contributed by atoms with Gasteiger partial charge in [0.1, 0.15) is 17.1 Å². The lowest BCUT2D eigenvalue weighted by molar-refractivity contribution is 0.481. The maximum absolute atomic E-state index is 13.3. The van der Waals surface area contributed by atoms with Gasteiger partial charge in [0.25, 0.3) is 11.1 Å². The van der Waals surface area contributed by atoms with Crippen molar-refractivity contribution >= 4 is 22.5 Å². The number of nitrogens with zero attached hydrogens (tertiary/aromatic N) is 3. The van der Waals surface area contributed by atoms with E-state index in [2.05, 4.69) is 30.7 Å². The molecule has 0 amide bonds. The van der Waals surface area contributed by atoms with Crippen molar-refractivity contribution < 1.29 is 5.11 Å². The number of anilines is 2. The van der Waals surface area contributed by atoms with E-state index in [1.165, 1.54) is 4.57 Å². The van der Waals surface area contributed by atoms with Gasteiger partial charge in [-0.15, -0.1) is 0 Å². The number of hydrogen-bond donors (Lipinski definition) is 5. The Kier molecular flexibility index (Phi) is 3.66. The third-order valence-electron chi connectivity index (χ3n) is 5.95. The van der Waals surface area contributed by atoms with Gasteiger partial charge in [0.15, 0.2) is 5.82 Å². The molecule has 0 fully saturated rings. The molecule has 1 aromatic carbocycles. The Morgan fingerprint density at radius 1 is 1.03 bits per heavy atom. The number of aryl methyl sites for hydroxylation is 1. The van der Waals surface area contributed by atoms with Crippen LogP contribution >= 0.6 is 0 Å². The molecule has 1 aliphatic rings. The zero-order valence-corrected chi connectivity index (χ0v) is 16.8. The number of rotatable bonds is 2. The summed E-state index contributed by atoms with van der Waals surface area (Å²) >= 11 is 0. The average molecular weight is 427 g/mol. The second-order valence-electron chi connectivity index (χ2n) is 7.65. The van der Waals surface area contributed by atoms with Crippen molar-refractivity contribution in [1.82, 2.24) is 29.9 Å². The number of aromatic nitrogens is 6. The fourth-order valence-corrected chi connectivity index (χ4v) is 4.47. The molecule has 0 radical (unpaired) electrons. The summed E-state index contributed by atoms with van der Waals surface area (Å²) in [6, 6.07) is 12.5. The smallest absolute Gasteiger partial charge is 0.270 e. The summed E-state index contributed by atoms with van der Waals surface area (Å²) in [5.41, 5.74) is 1.92. The first kappa shape index (κ1) is 18.2. The van der Waals surface area contributed by atoms with Crippen molar-refractivity contribution in [3.8, 4) is 17.0 Å². The quantitative estimate of drug-likeness (QED) is 0.287. The van der Waals surface area contributed by atoms with Gasteiger partial charge in [-0.3, -0.25) is 29.9 Å². The third-order valence-corrected chi connectivity index (χ3v) is 5.95. The number of H-pyrrole nitrogens is 3. The minimum Gasteiger partial charge on any atom is -0.506 e. The summed E-state index contributed by atoms with van der Waals surface area (Å²) in [5, 5.41) is 27.4. The molecular formula is C22H17N7O3. The van der Waals surface area contributed by atoms with E-state index in [4.69, 9.17) is 0 Å². The number of nitrogens with one attached hydrogen (secondary N) is 4. The van der Waals surface area contributed by atoms with Gasteiger partial charge >= 0.3 is 0 Å². The average Bonchev–Trinajstić information content (AvgIpc) is 3.41. The molecule has 10 nitrogen and oxygen atoms in total. The molecule has 158 valence electrons. The normalized spacial score (nSPS) is 14.7. The van der Waals surface area contributed by atoms with Crippen LogP contribution in [0.15, 0.2) is 58.3 Å². The maximum Gasteiger partial charge on any atom is 0.270 e. The Bertz CT molecular complexity index is 1630. The number of pyridine rings is 2. The summed E-state index contributed by atoms with van der Waals surface area (Å²) in [6.07, 6.45) is 1.64. The van der Waals surface area contributed by atoms with Gasteiger partial charge in [-0.2, -0.15) is 5.10 Å². The van der Waals surface area contributed by atoms with E-state index >= 15 is 0 Å². The minimum absolute atomic E-state index is 0.0816. The second kappa shape index (κ2) is 6.45. The first-order valence-electron chi connectivity index (χ1n) is 9.94. The molecule has 1 unspecified atom stereocenters. The molecule has 1 atom stereocenters. The largest absolute Gasteiger partial charge is 0.506 e. The van der Waals surface area contributed by atoms with Gasteiger partial charge in [-0.25, -0.2) is 0 Å². The van der Waals surface area contributed by atoms with Crippen LogP contribution in [-0.4, -0.2) is 35.1 Å². The Morgan fingerprint density at radius 3 is 2.66 bits per heavy atom.